The van der Waals surface area contributed by atoms with E-state index in [4.69, 9.17) is 16.3 Å². The zero-order valence-electron chi connectivity index (χ0n) is 15.8. The molecule has 0 aliphatic carbocycles. The first-order valence-corrected chi connectivity index (χ1v) is 9.53. The van der Waals surface area contributed by atoms with E-state index < -0.39 is 12.7 Å². The lowest BCUT2D eigenvalue weighted by Gasteiger charge is -2.08. The van der Waals surface area contributed by atoms with E-state index in [1.54, 1.807) is 0 Å². The average Bonchev–Trinajstić information content (AvgIpc) is 2.56. The molecule has 2 atom stereocenters. The molecule has 1 unspecified atom stereocenters. The van der Waals surface area contributed by atoms with Crippen molar-refractivity contribution in [3.8, 4) is 0 Å². The summed E-state index contributed by atoms with van der Waals surface area (Å²) >= 11 is 0. The first-order valence-electron chi connectivity index (χ1n) is 10.1. The Morgan fingerprint density at radius 1 is 0.773 bits per heavy atom. The topological polar surface area (TPSA) is 49.7 Å². The van der Waals surface area contributed by atoms with Gasteiger partial charge in [-0.15, -0.1) is 0 Å². The van der Waals surface area contributed by atoms with Gasteiger partial charge in [0.25, 0.3) is 0 Å². The molecule has 0 fully saturated rings. The molecule has 0 aliphatic heterocycles. The molecule has 0 aromatic carbocycles. The SMILES string of the molecule is [3H][C@@H](CCCCCCCCCCCCCCC)OCC(O)CO. The Kier molecular flexibility index (Phi) is 17.1. The predicted octanol–water partition coefficient (Wildman–Crippen LogP) is 4.84. The molecule has 0 spiro atoms. The number of ether oxygens (including phenoxy) is 1. The van der Waals surface area contributed by atoms with Gasteiger partial charge in [-0.3, -0.25) is 0 Å². The van der Waals surface area contributed by atoms with E-state index in [1.807, 2.05) is 0 Å². The lowest BCUT2D eigenvalue weighted by molar-refractivity contribution is 0.00526. The zero-order valence-corrected chi connectivity index (χ0v) is 14.8. The quantitative estimate of drug-likeness (QED) is 0.356. The van der Waals surface area contributed by atoms with Crippen molar-refractivity contribution in [3.05, 3.63) is 0 Å². The highest BCUT2D eigenvalue weighted by molar-refractivity contribution is 4.51. The highest BCUT2D eigenvalue weighted by Crippen LogP contribution is 2.12. The predicted molar refractivity (Wildman–Crippen MR) is 94.2 cm³/mol. The van der Waals surface area contributed by atoms with Crippen molar-refractivity contribution in [2.75, 3.05) is 19.8 Å². The van der Waals surface area contributed by atoms with Crippen LogP contribution in [0.25, 0.3) is 0 Å². The van der Waals surface area contributed by atoms with E-state index in [1.165, 1.54) is 70.6 Å². The summed E-state index contributed by atoms with van der Waals surface area (Å²) in [6, 6.07) is 0. The summed E-state index contributed by atoms with van der Waals surface area (Å²) in [7, 11) is 0. The maximum atomic E-state index is 9.13. The van der Waals surface area contributed by atoms with Gasteiger partial charge in [-0.25, -0.2) is 0 Å². The first-order chi connectivity index (χ1) is 11.2. The van der Waals surface area contributed by atoms with E-state index in [0.717, 1.165) is 19.3 Å². The molecule has 3 heteroatoms. The number of hydrogen-bond donors (Lipinski definition) is 2. The van der Waals surface area contributed by atoms with Crippen molar-refractivity contribution in [2.45, 2.75) is 103 Å². The molecule has 134 valence electrons. The van der Waals surface area contributed by atoms with Gasteiger partial charge in [0.1, 0.15) is 6.10 Å². The smallest absolute Gasteiger partial charge is 0.100 e. The summed E-state index contributed by atoms with van der Waals surface area (Å²) in [5, 5.41) is 17.8. The van der Waals surface area contributed by atoms with Crippen LogP contribution in [0.4, 0.5) is 0 Å². The Hall–Kier alpha value is -0.120. The third kappa shape index (κ3) is 17.9. The zero-order chi connectivity index (χ0) is 17.2. The van der Waals surface area contributed by atoms with Crippen molar-refractivity contribution in [1.29, 1.82) is 0 Å². The first kappa shape index (κ1) is 19.9. The Morgan fingerprint density at radius 2 is 1.18 bits per heavy atom. The van der Waals surface area contributed by atoms with Gasteiger partial charge in [0.2, 0.25) is 0 Å². The monoisotopic (exact) mass is 318 g/mol. The normalized spacial score (nSPS) is 14.8. The maximum absolute atomic E-state index is 9.13. The van der Waals surface area contributed by atoms with E-state index in [-0.39, 0.29) is 13.2 Å². The second-order valence-electron chi connectivity index (χ2n) is 6.37. The van der Waals surface area contributed by atoms with Crippen LogP contribution in [0.5, 0.6) is 0 Å². The van der Waals surface area contributed by atoms with Gasteiger partial charge in [-0.2, -0.15) is 0 Å². The van der Waals surface area contributed by atoms with E-state index in [0.29, 0.717) is 0 Å². The average molecular weight is 319 g/mol. The Balaban J connectivity index is 3.12. The molecular weight excluding hydrogens is 276 g/mol. The van der Waals surface area contributed by atoms with Gasteiger partial charge in [0.15, 0.2) is 0 Å². The summed E-state index contributed by atoms with van der Waals surface area (Å²) in [4.78, 5) is 0. The Morgan fingerprint density at radius 3 is 1.59 bits per heavy atom. The third-order valence-corrected chi connectivity index (χ3v) is 4.04. The van der Waals surface area contributed by atoms with Crippen LogP contribution in [0.1, 0.15) is 98.2 Å². The van der Waals surface area contributed by atoms with Crippen LogP contribution in [0.2, 0.25) is 0 Å². The Bertz CT molecular complexity index is 227. The maximum Gasteiger partial charge on any atom is 0.100 e. The summed E-state index contributed by atoms with van der Waals surface area (Å²) in [5.74, 6) is 0. The lowest BCUT2D eigenvalue weighted by Crippen LogP contribution is -2.19. The molecule has 3 nitrogen and oxygen atoms in total. The van der Waals surface area contributed by atoms with Crippen LogP contribution in [0, 0.1) is 0 Å². The Labute approximate surface area is 139 Å². The second-order valence-corrected chi connectivity index (χ2v) is 6.37. The fourth-order valence-corrected chi connectivity index (χ4v) is 2.56. The molecule has 0 amide bonds. The largest absolute Gasteiger partial charge is 0.394 e. The van der Waals surface area contributed by atoms with Crippen LogP contribution in [-0.4, -0.2) is 36.1 Å². The molecule has 0 aromatic heterocycles. The molecule has 0 bridgehead atoms. The standard InChI is InChI=1S/C19H40O3/c1-2-3-4-5-6-7-8-9-10-11-12-13-14-15-16-22-18-19(21)17-20/h19-21H,2-18H2,1H3/i16T/t16-,19?/m0/s1. The van der Waals surface area contributed by atoms with Crippen LogP contribution < -0.4 is 0 Å². The second kappa shape index (κ2) is 18.9. The third-order valence-electron chi connectivity index (χ3n) is 4.04. The minimum absolute atomic E-state index is 0.0586. The minimum Gasteiger partial charge on any atom is -0.394 e. The number of unbranched alkanes of at least 4 members (excludes halogenated alkanes) is 12. The van der Waals surface area contributed by atoms with Crippen molar-refractivity contribution >= 4 is 0 Å². The molecule has 0 rings (SSSR count). The van der Waals surface area contributed by atoms with Crippen molar-refractivity contribution in [3.63, 3.8) is 0 Å². The van der Waals surface area contributed by atoms with Gasteiger partial charge in [0.05, 0.1) is 14.6 Å². The van der Waals surface area contributed by atoms with Crippen LogP contribution in [-0.2, 0) is 4.74 Å². The van der Waals surface area contributed by atoms with Crippen LogP contribution in [0.3, 0.4) is 0 Å². The van der Waals surface area contributed by atoms with Gasteiger partial charge < -0.3 is 14.9 Å². The minimum atomic E-state index is -0.852. The number of hydrogen-bond acceptors (Lipinski definition) is 3. The highest BCUT2D eigenvalue weighted by atomic mass is 16.5. The molecule has 0 saturated carbocycles. The van der Waals surface area contributed by atoms with Gasteiger partial charge in [-0.1, -0.05) is 90.4 Å². The summed E-state index contributed by atoms with van der Waals surface area (Å²) in [6.45, 7) is 1.46. The number of aliphatic hydroxyl groups is 2. The summed E-state index contributed by atoms with van der Waals surface area (Å²) in [5.41, 5.74) is 0. The van der Waals surface area contributed by atoms with E-state index >= 15 is 0 Å². The lowest BCUT2D eigenvalue weighted by atomic mass is 10.0. The summed E-state index contributed by atoms with van der Waals surface area (Å²) in [6.07, 6.45) is 17.1. The van der Waals surface area contributed by atoms with E-state index in [9.17, 15) is 0 Å². The molecule has 0 heterocycles. The van der Waals surface area contributed by atoms with Crippen molar-refractivity contribution in [2.24, 2.45) is 0 Å². The van der Waals surface area contributed by atoms with Crippen LogP contribution >= 0.6 is 0 Å². The van der Waals surface area contributed by atoms with Gasteiger partial charge in [-0.05, 0) is 6.42 Å². The van der Waals surface area contributed by atoms with Crippen LogP contribution in [0.15, 0.2) is 0 Å². The molecule has 0 aromatic rings. The number of aliphatic hydroxyl groups excluding tert-OH is 2. The molecule has 2 N–H and O–H groups in total. The van der Waals surface area contributed by atoms with E-state index in [2.05, 4.69) is 6.92 Å². The molecule has 0 radical (unpaired) electrons. The molecular formula is C19H40O3. The molecule has 0 saturated heterocycles. The number of rotatable bonds is 18. The highest BCUT2D eigenvalue weighted by Gasteiger charge is 2.00. The van der Waals surface area contributed by atoms with Gasteiger partial charge >= 0.3 is 0 Å². The fourth-order valence-electron chi connectivity index (χ4n) is 2.56. The van der Waals surface area contributed by atoms with Crippen molar-refractivity contribution in [1.82, 2.24) is 0 Å². The van der Waals surface area contributed by atoms with Crippen molar-refractivity contribution < 1.29 is 16.3 Å². The summed E-state index contributed by atoms with van der Waals surface area (Å²) < 4.78 is 12.8. The fraction of sp³-hybridized carbons (Fsp3) is 1.00. The molecule has 22 heavy (non-hydrogen) atoms. The molecule has 0 aliphatic rings. The van der Waals surface area contributed by atoms with Gasteiger partial charge in [0, 0.05) is 6.58 Å².